The average Bonchev–Trinajstić information content (AvgIpc) is 2.85. The average molecular weight is 279 g/mol. The molecule has 1 N–H and O–H groups in total. The number of nitrogens with zero attached hydrogens (tertiary/aromatic N) is 2. The second kappa shape index (κ2) is 6.12. The molecule has 3 nitrogen and oxygen atoms in total. The van der Waals surface area contributed by atoms with Gasteiger partial charge in [0.15, 0.2) is 0 Å². The molecule has 0 bridgehead atoms. The van der Waals surface area contributed by atoms with Crippen LogP contribution in [0.25, 0.3) is 10.2 Å². The van der Waals surface area contributed by atoms with Gasteiger partial charge in [-0.15, -0.1) is 11.3 Å². The van der Waals surface area contributed by atoms with Gasteiger partial charge >= 0.3 is 0 Å². The summed E-state index contributed by atoms with van der Waals surface area (Å²) in [6.45, 7) is 0. The first kappa shape index (κ1) is 12.6. The van der Waals surface area contributed by atoms with Crippen LogP contribution < -0.4 is 5.32 Å². The van der Waals surface area contributed by atoms with E-state index in [1.54, 1.807) is 17.5 Å². The van der Waals surface area contributed by atoms with Gasteiger partial charge in [0.2, 0.25) is 0 Å². The number of thiazole rings is 1. The molecule has 4 rings (SSSR count). The van der Waals surface area contributed by atoms with Gasteiger partial charge < -0.3 is 5.32 Å². The first-order chi connectivity index (χ1) is 9.93. The first-order valence-electron chi connectivity index (χ1n) is 6.25. The fourth-order valence-corrected chi connectivity index (χ4v) is 2.52. The second-order valence-electron chi connectivity index (χ2n) is 4.15. The van der Waals surface area contributed by atoms with Gasteiger partial charge in [-0.3, -0.25) is 4.99 Å². The molecule has 20 heavy (non-hydrogen) atoms. The highest BCUT2D eigenvalue weighted by Gasteiger charge is 1.96. The minimum atomic E-state index is 1.10. The molecule has 1 aliphatic rings. The molecule has 0 radical (unpaired) electrons. The van der Waals surface area contributed by atoms with Crippen molar-refractivity contribution in [3.63, 3.8) is 0 Å². The van der Waals surface area contributed by atoms with Gasteiger partial charge in [0.25, 0.3) is 0 Å². The molecule has 4 heteroatoms. The molecule has 0 atom stereocenters. The number of nitrogens with one attached hydrogen (secondary N) is 1. The van der Waals surface area contributed by atoms with Crippen molar-refractivity contribution in [3.05, 3.63) is 72.0 Å². The van der Waals surface area contributed by atoms with E-state index in [9.17, 15) is 0 Å². The summed E-state index contributed by atoms with van der Waals surface area (Å²) < 4.78 is 1.26. The minimum Gasteiger partial charge on any atom is -0.360 e. The molecule has 1 aromatic heterocycles. The van der Waals surface area contributed by atoms with Crippen LogP contribution in [0.5, 0.6) is 0 Å². The van der Waals surface area contributed by atoms with Crippen LogP contribution >= 0.6 is 11.3 Å². The number of anilines is 1. The van der Waals surface area contributed by atoms with Gasteiger partial charge in [0.05, 0.1) is 15.7 Å². The van der Waals surface area contributed by atoms with Crippen molar-refractivity contribution < 1.29 is 0 Å². The van der Waals surface area contributed by atoms with E-state index in [1.165, 1.54) is 4.70 Å². The summed E-state index contributed by atoms with van der Waals surface area (Å²) in [5.41, 5.74) is 5.19. The van der Waals surface area contributed by atoms with Crippen molar-refractivity contribution in [3.8, 4) is 0 Å². The summed E-state index contributed by atoms with van der Waals surface area (Å²) in [6.07, 6.45) is 5.40. The van der Waals surface area contributed by atoms with Crippen molar-refractivity contribution in [1.82, 2.24) is 4.98 Å². The Morgan fingerprint density at radius 2 is 1.80 bits per heavy atom. The fourth-order valence-electron chi connectivity index (χ4n) is 1.84. The van der Waals surface area contributed by atoms with Crippen molar-refractivity contribution in [2.45, 2.75) is 0 Å². The molecule has 1 aliphatic heterocycles. The van der Waals surface area contributed by atoms with Crippen LogP contribution in [0.4, 0.5) is 5.69 Å². The van der Waals surface area contributed by atoms with Crippen LogP contribution in [0.3, 0.4) is 0 Å². The number of hydrogen-bond donors (Lipinski definition) is 1. The standard InChI is InChI=1S/C9H8N2.C7H5NS/c1-2-4-9-8(3-1)7-10-5-6-11-9;1-2-4-7-6(3-1)8-5-9-7/h1-7,11H;1-5H. The topological polar surface area (TPSA) is 37.3 Å². The Kier molecular flexibility index (Phi) is 3.85. The summed E-state index contributed by atoms with van der Waals surface area (Å²) in [7, 11) is 0. The largest absolute Gasteiger partial charge is 0.360 e. The van der Waals surface area contributed by atoms with Crippen molar-refractivity contribution >= 4 is 33.5 Å². The highest BCUT2D eigenvalue weighted by molar-refractivity contribution is 7.16. The molecule has 0 unspecified atom stereocenters. The molecule has 2 heterocycles. The lowest BCUT2D eigenvalue weighted by Crippen LogP contribution is -1.89. The Labute approximate surface area is 121 Å². The number of rotatable bonds is 0. The predicted molar refractivity (Wildman–Crippen MR) is 86.4 cm³/mol. The van der Waals surface area contributed by atoms with E-state index in [0.717, 1.165) is 16.8 Å². The normalized spacial score (nSPS) is 12.0. The highest BCUT2D eigenvalue weighted by Crippen LogP contribution is 2.15. The van der Waals surface area contributed by atoms with Crippen molar-refractivity contribution in [2.75, 3.05) is 5.32 Å². The van der Waals surface area contributed by atoms with Gasteiger partial charge in [-0.1, -0.05) is 30.3 Å². The number of aromatic nitrogens is 1. The maximum Gasteiger partial charge on any atom is 0.0812 e. The van der Waals surface area contributed by atoms with Crippen LogP contribution in [0.2, 0.25) is 0 Å². The zero-order chi connectivity index (χ0) is 13.6. The summed E-state index contributed by atoms with van der Waals surface area (Å²) in [5.74, 6) is 0. The lowest BCUT2D eigenvalue weighted by atomic mass is 10.2. The lowest BCUT2D eigenvalue weighted by molar-refractivity contribution is 1.50. The van der Waals surface area contributed by atoms with Crippen LogP contribution in [-0.2, 0) is 0 Å². The maximum atomic E-state index is 4.14. The van der Waals surface area contributed by atoms with Gasteiger partial charge in [-0.25, -0.2) is 4.98 Å². The molecule has 0 saturated heterocycles. The Balaban J connectivity index is 0.000000123. The third-order valence-corrected chi connectivity index (χ3v) is 3.62. The zero-order valence-corrected chi connectivity index (χ0v) is 11.5. The van der Waals surface area contributed by atoms with Crippen LogP contribution in [0.15, 0.2) is 71.4 Å². The zero-order valence-electron chi connectivity index (χ0n) is 10.7. The maximum absolute atomic E-state index is 4.14. The van der Waals surface area contributed by atoms with Crippen molar-refractivity contribution in [1.29, 1.82) is 0 Å². The number of para-hydroxylation sites is 2. The lowest BCUT2D eigenvalue weighted by Gasteiger charge is -2.01. The molecule has 0 amide bonds. The third-order valence-electron chi connectivity index (χ3n) is 2.81. The van der Waals surface area contributed by atoms with Gasteiger partial charge in [0.1, 0.15) is 0 Å². The van der Waals surface area contributed by atoms with Gasteiger partial charge in [-0.2, -0.15) is 0 Å². The van der Waals surface area contributed by atoms with E-state index in [-0.39, 0.29) is 0 Å². The third kappa shape index (κ3) is 2.92. The molecule has 0 fully saturated rings. The number of hydrogen-bond acceptors (Lipinski definition) is 4. The SMILES string of the molecule is C1=CNc2ccccc2C=N1.c1ccc2scnc2c1. The Morgan fingerprint density at radius 3 is 2.75 bits per heavy atom. The minimum absolute atomic E-state index is 1.10. The molecule has 2 aromatic carbocycles. The molecule has 3 aromatic rings. The van der Waals surface area contributed by atoms with E-state index >= 15 is 0 Å². The summed E-state index contributed by atoms with van der Waals surface area (Å²) in [6, 6.07) is 16.2. The van der Waals surface area contributed by atoms with E-state index in [4.69, 9.17) is 0 Å². The van der Waals surface area contributed by atoms with Gasteiger partial charge in [0, 0.05) is 29.9 Å². The second-order valence-corrected chi connectivity index (χ2v) is 5.03. The smallest absolute Gasteiger partial charge is 0.0812 e. The van der Waals surface area contributed by atoms with Crippen molar-refractivity contribution in [2.24, 2.45) is 4.99 Å². The summed E-state index contributed by atoms with van der Waals surface area (Å²) in [4.78, 5) is 8.18. The molecule has 98 valence electrons. The molecular formula is C16H13N3S. The van der Waals surface area contributed by atoms with E-state index in [2.05, 4.69) is 21.4 Å². The van der Waals surface area contributed by atoms with Gasteiger partial charge in [-0.05, 0) is 18.2 Å². The highest BCUT2D eigenvalue weighted by atomic mass is 32.1. The fraction of sp³-hybridized carbons (Fsp3) is 0. The molecule has 0 spiro atoms. The van der Waals surface area contributed by atoms with Crippen LogP contribution in [-0.4, -0.2) is 11.2 Å². The Hall–Kier alpha value is -2.46. The van der Waals surface area contributed by atoms with Crippen LogP contribution in [0.1, 0.15) is 5.56 Å². The van der Waals surface area contributed by atoms with E-state index < -0.39 is 0 Å². The number of benzene rings is 2. The molecule has 0 saturated carbocycles. The van der Waals surface area contributed by atoms with E-state index in [1.807, 2.05) is 60.4 Å². The Bertz CT molecular complexity index is 729. The predicted octanol–water partition coefficient (Wildman–Crippen LogP) is 4.30. The monoisotopic (exact) mass is 279 g/mol. The number of aliphatic imine (C=N–C) groups is 1. The number of fused-ring (bicyclic) bond motifs is 2. The van der Waals surface area contributed by atoms with Crippen LogP contribution in [0, 0.1) is 0 Å². The Morgan fingerprint density at radius 1 is 0.950 bits per heavy atom. The summed E-state index contributed by atoms with van der Waals surface area (Å²) >= 11 is 1.68. The van der Waals surface area contributed by atoms with E-state index in [0.29, 0.717) is 0 Å². The molecular weight excluding hydrogens is 266 g/mol. The molecule has 0 aliphatic carbocycles. The quantitative estimate of drug-likeness (QED) is 0.666. The summed E-state index contributed by atoms with van der Waals surface area (Å²) in [5, 5.41) is 3.12. The first-order valence-corrected chi connectivity index (χ1v) is 7.13.